The molecule has 0 bridgehead atoms. The summed E-state index contributed by atoms with van der Waals surface area (Å²) in [5.41, 5.74) is 1.17. The normalized spacial score (nSPS) is 12.4. The number of hydrogen-bond donors (Lipinski definition) is 1. The highest BCUT2D eigenvalue weighted by Crippen LogP contribution is 2.31. The number of unbranched alkanes of at least 4 members (excludes halogenated alkanes) is 6. The van der Waals surface area contributed by atoms with Crippen molar-refractivity contribution < 1.29 is 4.74 Å². The second-order valence-corrected chi connectivity index (χ2v) is 6.07. The zero-order chi connectivity index (χ0) is 15.5. The van der Waals surface area contributed by atoms with Crippen LogP contribution in [0.2, 0.25) is 5.02 Å². The van der Waals surface area contributed by atoms with E-state index in [1.165, 1.54) is 50.5 Å². The number of benzene rings is 1. The minimum absolute atomic E-state index is 0.314. The van der Waals surface area contributed by atoms with Crippen LogP contribution in [-0.4, -0.2) is 14.2 Å². The van der Waals surface area contributed by atoms with Crippen molar-refractivity contribution in [2.24, 2.45) is 0 Å². The third kappa shape index (κ3) is 6.71. The lowest BCUT2D eigenvalue weighted by molar-refractivity contribution is 0.396. The molecule has 0 aliphatic carbocycles. The molecule has 1 N–H and O–H groups in total. The van der Waals surface area contributed by atoms with Crippen LogP contribution in [0.3, 0.4) is 0 Å². The van der Waals surface area contributed by atoms with Crippen LogP contribution in [-0.2, 0) is 0 Å². The first-order valence-electron chi connectivity index (χ1n) is 8.23. The van der Waals surface area contributed by atoms with E-state index in [-0.39, 0.29) is 0 Å². The Balaban J connectivity index is 2.42. The van der Waals surface area contributed by atoms with E-state index in [4.69, 9.17) is 16.3 Å². The van der Waals surface area contributed by atoms with Crippen LogP contribution >= 0.6 is 11.6 Å². The fourth-order valence-corrected chi connectivity index (χ4v) is 2.92. The van der Waals surface area contributed by atoms with Gasteiger partial charge in [-0.3, -0.25) is 0 Å². The minimum Gasteiger partial charge on any atom is -0.496 e. The third-order valence-electron chi connectivity index (χ3n) is 4.01. The molecular weight excluding hydrogens is 282 g/mol. The Labute approximate surface area is 135 Å². The summed E-state index contributed by atoms with van der Waals surface area (Å²) >= 11 is 6.12. The van der Waals surface area contributed by atoms with Crippen molar-refractivity contribution in [2.75, 3.05) is 14.2 Å². The van der Waals surface area contributed by atoms with Crippen molar-refractivity contribution >= 4 is 11.6 Å². The van der Waals surface area contributed by atoms with Crippen molar-refractivity contribution in [2.45, 2.75) is 64.3 Å². The van der Waals surface area contributed by atoms with Gasteiger partial charge in [0.25, 0.3) is 0 Å². The molecule has 1 rings (SSSR count). The first-order chi connectivity index (χ1) is 10.2. The van der Waals surface area contributed by atoms with Crippen molar-refractivity contribution in [3.05, 3.63) is 28.8 Å². The van der Waals surface area contributed by atoms with Gasteiger partial charge in [0.2, 0.25) is 0 Å². The maximum Gasteiger partial charge on any atom is 0.123 e. The van der Waals surface area contributed by atoms with E-state index in [1.807, 2.05) is 25.2 Å². The second-order valence-electron chi connectivity index (χ2n) is 5.64. The predicted molar refractivity (Wildman–Crippen MR) is 92.4 cm³/mol. The molecule has 0 amide bonds. The van der Waals surface area contributed by atoms with Crippen LogP contribution in [0.25, 0.3) is 0 Å². The number of halogens is 1. The topological polar surface area (TPSA) is 21.3 Å². The highest BCUT2D eigenvalue weighted by atomic mass is 35.5. The summed E-state index contributed by atoms with van der Waals surface area (Å²) in [6.07, 6.45) is 10.5. The summed E-state index contributed by atoms with van der Waals surface area (Å²) < 4.78 is 5.46. The Hall–Kier alpha value is -0.730. The van der Waals surface area contributed by atoms with Gasteiger partial charge < -0.3 is 10.1 Å². The van der Waals surface area contributed by atoms with Crippen molar-refractivity contribution in [3.63, 3.8) is 0 Å². The lowest BCUT2D eigenvalue weighted by Gasteiger charge is -2.19. The highest BCUT2D eigenvalue weighted by molar-refractivity contribution is 6.30. The number of hydrogen-bond acceptors (Lipinski definition) is 2. The first-order valence-corrected chi connectivity index (χ1v) is 8.61. The Kier molecular flexibility index (Phi) is 9.53. The maximum absolute atomic E-state index is 6.12. The Morgan fingerprint density at radius 3 is 2.38 bits per heavy atom. The van der Waals surface area contributed by atoms with E-state index in [9.17, 15) is 0 Å². The minimum atomic E-state index is 0.314. The van der Waals surface area contributed by atoms with E-state index in [0.29, 0.717) is 6.04 Å². The van der Waals surface area contributed by atoms with Crippen LogP contribution < -0.4 is 10.1 Å². The summed E-state index contributed by atoms with van der Waals surface area (Å²) in [4.78, 5) is 0. The SMILES string of the molecule is CCCCCCCCCC(NC)c1cc(Cl)ccc1OC. The van der Waals surface area contributed by atoms with Gasteiger partial charge in [-0.25, -0.2) is 0 Å². The predicted octanol–water partition coefficient (Wildman–Crippen LogP) is 5.75. The molecule has 120 valence electrons. The molecule has 0 fully saturated rings. The van der Waals surface area contributed by atoms with E-state index in [0.717, 1.165) is 17.2 Å². The molecule has 0 aromatic heterocycles. The molecule has 1 aromatic rings. The van der Waals surface area contributed by atoms with Gasteiger partial charge in [0.15, 0.2) is 0 Å². The summed E-state index contributed by atoms with van der Waals surface area (Å²) in [5.74, 6) is 0.918. The van der Waals surface area contributed by atoms with E-state index in [1.54, 1.807) is 7.11 Å². The average molecular weight is 312 g/mol. The maximum atomic E-state index is 6.12. The molecule has 1 unspecified atom stereocenters. The fourth-order valence-electron chi connectivity index (χ4n) is 2.74. The molecule has 2 nitrogen and oxygen atoms in total. The second kappa shape index (κ2) is 10.9. The number of nitrogens with one attached hydrogen (secondary N) is 1. The van der Waals surface area contributed by atoms with Gasteiger partial charge in [0.05, 0.1) is 7.11 Å². The lowest BCUT2D eigenvalue weighted by atomic mass is 9.98. The number of methoxy groups -OCH3 is 1. The van der Waals surface area contributed by atoms with Gasteiger partial charge in [-0.2, -0.15) is 0 Å². The molecule has 0 spiro atoms. The fraction of sp³-hybridized carbons (Fsp3) is 0.667. The number of rotatable bonds is 11. The van der Waals surface area contributed by atoms with Gasteiger partial charge in [-0.1, -0.05) is 63.5 Å². The van der Waals surface area contributed by atoms with Crippen LogP contribution in [0.4, 0.5) is 0 Å². The lowest BCUT2D eigenvalue weighted by Crippen LogP contribution is -2.17. The van der Waals surface area contributed by atoms with Gasteiger partial charge in [0.1, 0.15) is 5.75 Å². The van der Waals surface area contributed by atoms with E-state index >= 15 is 0 Å². The largest absolute Gasteiger partial charge is 0.496 e. The van der Waals surface area contributed by atoms with E-state index < -0.39 is 0 Å². The molecule has 0 aliphatic rings. The standard InChI is InChI=1S/C18H30ClNO/c1-4-5-6-7-8-9-10-11-17(20-2)16-14-15(19)12-13-18(16)21-3/h12-14,17,20H,4-11H2,1-3H3. The first kappa shape index (κ1) is 18.3. The molecule has 1 aromatic carbocycles. The van der Waals surface area contributed by atoms with Crippen LogP contribution in [0.1, 0.15) is 69.9 Å². The summed E-state index contributed by atoms with van der Waals surface area (Å²) in [5, 5.41) is 4.16. The number of ether oxygens (including phenoxy) is 1. The van der Waals surface area contributed by atoms with Crippen molar-refractivity contribution in [1.82, 2.24) is 5.32 Å². The third-order valence-corrected chi connectivity index (χ3v) is 4.25. The summed E-state index contributed by atoms with van der Waals surface area (Å²) in [6, 6.07) is 6.16. The van der Waals surface area contributed by atoms with Crippen molar-refractivity contribution in [1.29, 1.82) is 0 Å². The van der Waals surface area contributed by atoms with Crippen LogP contribution in [0.5, 0.6) is 5.75 Å². The van der Waals surface area contributed by atoms with Crippen LogP contribution in [0, 0.1) is 0 Å². The molecule has 0 saturated carbocycles. The summed E-state index contributed by atoms with van der Waals surface area (Å²) in [7, 11) is 3.72. The molecule has 3 heteroatoms. The molecule has 0 aliphatic heterocycles. The Morgan fingerprint density at radius 2 is 1.76 bits per heavy atom. The van der Waals surface area contributed by atoms with Gasteiger partial charge in [-0.15, -0.1) is 0 Å². The molecule has 21 heavy (non-hydrogen) atoms. The zero-order valence-corrected chi connectivity index (χ0v) is 14.5. The average Bonchev–Trinajstić information content (AvgIpc) is 2.50. The van der Waals surface area contributed by atoms with Crippen LogP contribution in [0.15, 0.2) is 18.2 Å². The summed E-state index contributed by atoms with van der Waals surface area (Å²) in [6.45, 7) is 2.26. The Morgan fingerprint density at radius 1 is 1.10 bits per heavy atom. The van der Waals surface area contributed by atoms with E-state index in [2.05, 4.69) is 12.2 Å². The Bertz CT molecular complexity index is 395. The molecular formula is C18H30ClNO. The van der Waals surface area contributed by atoms with Gasteiger partial charge in [0, 0.05) is 16.6 Å². The molecule has 1 atom stereocenters. The van der Waals surface area contributed by atoms with Gasteiger partial charge in [-0.05, 0) is 31.7 Å². The molecule has 0 radical (unpaired) electrons. The molecule has 0 saturated heterocycles. The monoisotopic (exact) mass is 311 g/mol. The highest BCUT2D eigenvalue weighted by Gasteiger charge is 2.14. The van der Waals surface area contributed by atoms with Crippen molar-refractivity contribution in [3.8, 4) is 5.75 Å². The quantitative estimate of drug-likeness (QED) is 0.525. The van der Waals surface area contributed by atoms with Gasteiger partial charge >= 0.3 is 0 Å². The zero-order valence-electron chi connectivity index (χ0n) is 13.8. The smallest absolute Gasteiger partial charge is 0.123 e. The molecule has 0 heterocycles.